The molecule has 3 N–H and O–H groups in total. The summed E-state index contributed by atoms with van der Waals surface area (Å²) in [5.74, 6) is -0.382. The van der Waals surface area contributed by atoms with Gasteiger partial charge in [0.15, 0.2) is 5.82 Å². The number of nitro benzene ring substituents is 1. The van der Waals surface area contributed by atoms with Crippen molar-refractivity contribution in [3.8, 4) is 0 Å². The Morgan fingerprint density at radius 2 is 2.10 bits per heavy atom. The molecule has 0 spiro atoms. The quantitative estimate of drug-likeness (QED) is 0.501. The summed E-state index contributed by atoms with van der Waals surface area (Å²) in [6, 6.07) is 3.64. The first-order valence-electron chi connectivity index (χ1n) is 5.30. The van der Waals surface area contributed by atoms with Crippen LogP contribution in [0, 0.1) is 10.1 Å². The number of carbonyl (C=O) groups is 1. The van der Waals surface area contributed by atoms with Crippen LogP contribution in [-0.4, -0.2) is 20.8 Å². The van der Waals surface area contributed by atoms with Crippen molar-refractivity contribution in [1.29, 1.82) is 0 Å². The number of amides is 1. The molecule has 0 bridgehead atoms. The van der Waals surface area contributed by atoms with Gasteiger partial charge in [-0.05, 0) is 22.0 Å². The Balaban J connectivity index is 2.26. The summed E-state index contributed by atoms with van der Waals surface area (Å²) in [4.78, 5) is 29.9. The average molecular weight is 338 g/mol. The van der Waals surface area contributed by atoms with E-state index >= 15 is 0 Å². The van der Waals surface area contributed by atoms with E-state index in [1.165, 1.54) is 24.5 Å². The molecule has 0 unspecified atom stereocenters. The Kier molecular flexibility index (Phi) is 3.89. The molecule has 102 valence electrons. The molecule has 2 rings (SSSR count). The van der Waals surface area contributed by atoms with Crippen LogP contribution in [0.5, 0.6) is 0 Å². The highest BCUT2D eigenvalue weighted by Crippen LogP contribution is 2.20. The van der Waals surface area contributed by atoms with E-state index in [1.54, 1.807) is 0 Å². The van der Waals surface area contributed by atoms with Gasteiger partial charge < -0.3 is 11.1 Å². The van der Waals surface area contributed by atoms with E-state index in [-0.39, 0.29) is 22.8 Å². The third kappa shape index (κ3) is 3.06. The van der Waals surface area contributed by atoms with Gasteiger partial charge >= 0.3 is 0 Å². The van der Waals surface area contributed by atoms with E-state index in [0.717, 1.165) is 6.07 Å². The summed E-state index contributed by atoms with van der Waals surface area (Å²) in [6.45, 7) is 0. The fourth-order valence-corrected chi connectivity index (χ4v) is 1.62. The minimum absolute atomic E-state index is 0.00363. The number of anilines is 2. The summed E-state index contributed by atoms with van der Waals surface area (Å²) in [5, 5.41) is 13.1. The van der Waals surface area contributed by atoms with Gasteiger partial charge in [-0.1, -0.05) is 0 Å². The molecule has 0 atom stereocenters. The fourth-order valence-electron chi connectivity index (χ4n) is 1.41. The number of benzene rings is 1. The van der Waals surface area contributed by atoms with Crippen molar-refractivity contribution in [1.82, 2.24) is 9.97 Å². The van der Waals surface area contributed by atoms with E-state index in [0.29, 0.717) is 4.60 Å². The molecule has 0 aliphatic carbocycles. The van der Waals surface area contributed by atoms with Gasteiger partial charge in [-0.2, -0.15) is 0 Å². The summed E-state index contributed by atoms with van der Waals surface area (Å²) in [5.41, 5.74) is 5.57. The molecule has 1 aromatic carbocycles. The van der Waals surface area contributed by atoms with E-state index < -0.39 is 10.8 Å². The highest BCUT2D eigenvalue weighted by molar-refractivity contribution is 9.10. The zero-order valence-corrected chi connectivity index (χ0v) is 11.5. The van der Waals surface area contributed by atoms with Gasteiger partial charge in [0.2, 0.25) is 0 Å². The number of aromatic nitrogens is 2. The van der Waals surface area contributed by atoms with Crippen LogP contribution in [-0.2, 0) is 0 Å². The highest BCUT2D eigenvalue weighted by Gasteiger charge is 2.15. The number of nitrogens with two attached hydrogens (primary N) is 1. The van der Waals surface area contributed by atoms with Crippen LogP contribution in [0.3, 0.4) is 0 Å². The standard InChI is InChI=1S/C11H8BrN5O3/c12-9-4-15-10(5-14-9)16-11(18)7-3-6(17(19)20)1-2-8(7)13/h1-5H,13H2,(H,15,16,18). The second-order valence-electron chi connectivity index (χ2n) is 3.71. The lowest BCUT2D eigenvalue weighted by Gasteiger charge is -2.06. The highest BCUT2D eigenvalue weighted by atomic mass is 79.9. The van der Waals surface area contributed by atoms with Crippen LogP contribution < -0.4 is 11.1 Å². The smallest absolute Gasteiger partial charge is 0.270 e. The summed E-state index contributed by atoms with van der Waals surface area (Å²) < 4.78 is 0.519. The van der Waals surface area contributed by atoms with Crippen molar-refractivity contribution in [3.63, 3.8) is 0 Å². The van der Waals surface area contributed by atoms with Crippen molar-refractivity contribution in [2.75, 3.05) is 11.1 Å². The molecule has 0 aliphatic rings. The van der Waals surface area contributed by atoms with E-state index in [2.05, 4.69) is 31.2 Å². The zero-order valence-electron chi connectivity index (χ0n) is 9.91. The number of nitrogens with zero attached hydrogens (tertiary/aromatic N) is 3. The predicted octanol–water partition coefficient (Wildman–Crippen LogP) is 1.98. The van der Waals surface area contributed by atoms with Crippen LogP contribution in [0.25, 0.3) is 0 Å². The minimum Gasteiger partial charge on any atom is -0.398 e. The normalized spacial score (nSPS) is 10.1. The Hall–Kier alpha value is -2.55. The monoisotopic (exact) mass is 337 g/mol. The van der Waals surface area contributed by atoms with Crippen LogP contribution in [0.1, 0.15) is 10.4 Å². The molecule has 0 saturated heterocycles. The van der Waals surface area contributed by atoms with Crippen molar-refractivity contribution in [2.45, 2.75) is 0 Å². The molecule has 2 aromatic rings. The second-order valence-corrected chi connectivity index (χ2v) is 4.52. The van der Waals surface area contributed by atoms with Gasteiger partial charge in [0.25, 0.3) is 11.6 Å². The molecule has 8 nitrogen and oxygen atoms in total. The van der Waals surface area contributed by atoms with Crippen LogP contribution in [0.4, 0.5) is 17.2 Å². The van der Waals surface area contributed by atoms with E-state index in [4.69, 9.17) is 5.73 Å². The Bertz CT molecular complexity index is 674. The van der Waals surface area contributed by atoms with E-state index in [9.17, 15) is 14.9 Å². The minimum atomic E-state index is -0.602. The first-order chi connectivity index (χ1) is 9.47. The van der Waals surface area contributed by atoms with Gasteiger partial charge in [0.1, 0.15) is 4.60 Å². The number of hydrogen-bond donors (Lipinski definition) is 2. The molecule has 0 aliphatic heterocycles. The molecule has 0 radical (unpaired) electrons. The third-order valence-corrected chi connectivity index (χ3v) is 2.76. The van der Waals surface area contributed by atoms with Crippen LogP contribution >= 0.6 is 15.9 Å². The number of nitrogen functional groups attached to an aromatic ring is 1. The number of hydrogen-bond acceptors (Lipinski definition) is 6. The van der Waals surface area contributed by atoms with Crippen molar-refractivity contribution in [3.05, 3.63) is 50.9 Å². The predicted molar refractivity (Wildman–Crippen MR) is 75.2 cm³/mol. The molecule has 0 saturated carbocycles. The SMILES string of the molecule is Nc1ccc([N+](=O)[O-])cc1C(=O)Nc1cnc(Br)cn1. The third-order valence-electron chi connectivity index (χ3n) is 2.35. The lowest BCUT2D eigenvalue weighted by atomic mass is 10.1. The molecule has 0 fully saturated rings. The van der Waals surface area contributed by atoms with Crippen molar-refractivity contribution < 1.29 is 9.72 Å². The average Bonchev–Trinajstić information content (AvgIpc) is 2.41. The van der Waals surface area contributed by atoms with Gasteiger partial charge in [-0.3, -0.25) is 14.9 Å². The van der Waals surface area contributed by atoms with Crippen molar-refractivity contribution in [2.24, 2.45) is 0 Å². The number of nitrogens with one attached hydrogen (secondary N) is 1. The lowest BCUT2D eigenvalue weighted by Crippen LogP contribution is -2.15. The second kappa shape index (κ2) is 5.61. The molecule has 1 heterocycles. The van der Waals surface area contributed by atoms with Gasteiger partial charge in [-0.25, -0.2) is 9.97 Å². The van der Waals surface area contributed by atoms with Gasteiger partial charge in [0.05, 0.1) is 22.9 Å². The lowest BCUT2D eigenvalue weighted by molar-refractivity contribution is -0.384. The number of rotatable bonds is 3. The van der Waals surface area contributed by atoms with Gasteiger partial charge in [-0.15, -0.1) is 0 Å². The molecular weight excluding hydrogens is 330 g/mol. The molecule has 1 aromatic heterocycles. The first-order valence-corrected chi connectivity index (χ1v) is 6.09. The molecule has 9 heteroatoms. The summed E-state index contributed by atoms with van der Waals surface area (Å²) in [7, 11) is 0. The molecule has 20 heavy (non-hydrogen) atoms. The van der Waals surface area contributed by atoms with Crippen molar-refractivity contribution >= 4 is 39.0 Å². The summed E-state index contributed by atoms with van der Waals surface area (Å²) in [6.07, 6.45) is 2.75. The maximum Gasteiger partial charge on any atom is 0.270 e. The summed E-state index contributed by atoms with van der Waals surface area (Å²) >= 11 is 3.11. The van der Waals surface area contributed by atoms with Crippen LogP contribution in [0.15, 0.2) is 35.2 Å². The van der Waals surface area contributed by atoms with Gasteiger partial charge in [0, 0.05) is 17.8 Å². The van der Waals surface area contributed by atoms with E-state index in [1.807, 2.05) is 0 Å². The first kappa shape index (κ1) is 13.9. The topological polar surface area (TPSA) is 124 Å². The fraction of sp³-hybridized carbons (Fsp3) is 0. The maximum absolute atomic E-state index is 12.0. The molecular formula is C11H8BrN5O3. The number of nitro groups is 1. The largest absolute Gasteiger partial charge is 0.398 e. The molecule has 1 amide bonds. The van der Waals surface area contributed by atoms with Crippen LogP contribution in [0.2, 0.25) is 0 Å². The Labute approximate surface area is 121 Å². The number of halogens is 1. The number of non-ortho nitro benzene ring substituents is 1. The zero-order chi connectivity index (χ0) is 14.7. The number of carbonyl (C=O) groups excluding carboxylic acids is 1. The Morgan fingerprint density at radius 1 is 1.35 bits per heavy atom. The Morgan fingerprint density at radius 3 is 2.70 bits per heavy atom. The maximum atomic E-state index is 12.0.